The Hall–Kier alpha value is -3.75. The number of hydrogen-bond donors (Lipinski definition) is 5. The molecule has 15 heteroatoms. The molecule has 0 aliphatic heterocycles. The summed E-state index contributed by atoms with van der Waals surface area (Å²) < 4.78 is 0. The lowest BCUT2D eigenvalue weighted by Crippen LogP contribution is -2.52. The van der Waals surface area contributed by atoms with Gasteiger partial charge in [0.05, 0.1) is 19.1 Å². The summed E-state index contributed by atoms with van der Waals surface area (Å²) in [7, 11) is 0. The second-order valence-electron chi connectivity index (χ2n) is 12.7. The minimum Gasteiger partial charge on any atom is -0.353 e. The summed E-state index contributed by atoms with van der Waals surface area (Å²) in [5.74, 6) is -1.63. The topological polar surface area (TPSA) is 203 Å². The Balaban J connectivity index is 5.27. The smallest absolute Gasteiger partial charge is 0.312 e. The van der Waals surface area contributed by atoms with E-state index in [4.69, 9.17) is 5.73 Å². The van der Waals surface area contributed by atoms with Crippen molar-refractivity contribution in [3.05, 3.63) is 0 Å². The first-order chi connectivity index (χ1) is 22.0. The maximum absolute atomic E-state index is 13.3. The van der Waals surface area contributed by atoms with Crippen LogP contribution in [0.15, 0.2) is 0 Å². The molecule has 0 spiro atoms. The highest BCUT2D eigenvalue weighted by Crippen LogP contribution is 2.23. The molecule has 47 heavy (non-hydrogen) atoms. The quantitative estimate of drug-likeness (QED) is 0.0960. The van der Waals surface area contributed by atoms with Crippen LogP contribution in [-0.2, 0) is 28.8 Å². The minimum atomic E-state index is -0.758. The van der Waals surface area contributed by atoms with E-state index in [1.54, 1.807) is 41.5 Å². The number of carbonyl (C=O) groups excluding carboxylic acids is 7. The van der Waals surface area contributed by atoms with Crippen molar-refractivity contribution in [3.8, 4) is 0 Å². The van der Waals surface area contributed by atoms with E-state index in [2.05, 4.69) is 21.3 Å². The summed E-state index contributed by atoms with van der Waals surface area (Å²) in [5.41, 5.74) is 4.40. The molecule has 0 aliphatic rings. The molecule has 6 N–H and O–H groups in total. The fourth-order valence-corrected chi connectivity index (χ4v) is 4.72. The molecule has 0 aliphatic carbocycles. The Morgan fingerprint density at radius 3 is 1.55 bits per heavy atom. The number of ketones is 1. The van der Waals surface area contributed by atoms with E-state index in [0.29, 0.717) is 25.9 Å². The molecule has 0 radical (unpaired) electrons. The number of primary amides is 1. The van der Waals surface area contributed by atoms with Crippen LogP contribution in [-0.4, -0.2) is 127 Å². The predicted octanol–water partition coefficient (Wildman–Crippen LogP) is 0.365. The second kappa shape index (κ2) is 22.7. The van der Waals surface area contributed by atoms with Gasteiger partial charge in [-0.25, -0.2) is 4.79 Å². The average Bonchev–Trinajstić information content (AvgIpc) is 3.00. The van der Waals surface area contributed by atoms with Crippen molar-refractivity contribution in [3.63, 3.8) is 0 Å². The third kappa shape index (κ3) is 18.2. The van der Waals surface area contributed by atoms with Gasteiger partial charge in [-0.2, -0.15) is 0 Å². The number of Topliss-reactive ketones (excluding diaryl/α,β-unsaturated/α-hetero) is 1. The van der Waals surface area contributed by atoms with Gasteiger partial charge in [-0.3, -0.25) is 28.8 Å². The molecule has 0 saturated carbocycles. The van der Waals surface area contributed by atoms with Crippen molar-refractivity contribution in [2.24, 2.45) is 11.1 Å². The molecule has 1 atom stereocenters. The summed E-state index contributed by atoms with van der Waals surface area (Å²) in [6.07, 6.45) is 1.31. The number of nitrogens with two attached hydrogens (primary N) is 1. The minimum absolute atomic E-state index is 0.0515. The Morgan fingerprint density at radius 1 is 0.660 bits per heavy atom. The van der Waals surface area contributed by atoms with Crippen molar-refractivity contribution in [1.29, 1.82) is 0 Å². The molecule has 0 aromatic rings. The monoisotopic (exact) mass is 668 g/mol. The van der Waals surface area contributed by atoms with Crippen LogP contribution in [0.1, 0.15) is 87.5 Å². The fraction of sp³-hybridized carbons (Fsp3) is 0.781. The summed E-state index contributed by atoms with van der Waals surface area (Å²) in [5, 5.41) is 11.2. The lowest BCUT2D eigenvalue weighted by Gasteiger charge is -2.35. The van der Waals surface area contributed by atoms with Crippen LogP contribution >= 0.6 is 0 Å². The van der Waals surface area contributed by atoms with Crippen LogP contribution in [0.2, 0.25) is 0 Å². The van der Waals surface area contributed by atoms with Crippen LogP contribution in [0.4, 0.5) is 4.79 Å². The van der Waals surface area contributed by atoms with Crippen LogP contribution in [0.3, 0.4) is 0 Å². The maximum atomic E-state index is 13.3. The molecule has 270 valence electrons. The SMILES string of the molecule is CCC(=O)N(CCNC(=O)CN(CCNC(C)C)C(=O)CC)CC(=O)NCCN(C(=O)CC)[C@@H](CCCNC(N)=O)C(=O)C(C)(C)C. The van der Waals surface area contributed by atoms with Crippen molar-refractivity contribution in [1.82, 2.24) is 36.0 Å². The summed E-state index contributed by atoms with van der Waals surface area (Å²) >= 11 is 0. The Labute approximate surface area is 280 Å². The molecule has 0 unspecified atom stereocenters. The third-order valence-corrected chi connectivity index (χ3v) is 7.29. The predicted molar refractivity (Wildman–Crippen MR) is 180 cm³/mol. The van der Waals surface area contributed by atoms with Gasteiger partial charge < -0.3 is 41.7 Å². The van der Waals surface area contributed by atoms with Gasteiger partial charge in [-0.1, -0.05) is 55.4 Å². The van der Waals surface area contributed by atoms with Gasteiger partial charge in [0.2, 0.25) is 29.5 Å². The second-order valence-corrected chi connectivity index (χ2v) is 12.7. The zero-order valence-electron chi connectivity index (χ0n) is 29.8. The van der Waals surface area contributed by atoms with Crippen molar-refractivity contribution < 1.29 is 33.6 Å². The standard InChI is InChI=1S/C32H60N8O7/c1-9-27(43)38(18-15-34-23(4)5)21-25(41)35-16-19-39(28(44)10-2)22-26(42)36-17-20-40(29(45)11-3)24(30(46)32(6,7)8)13-12-14-37-31(33)47/h23-24,34H,9-22H2,1-8H3,(H,35,41)(H,36,42)(H3,33,37,47)/t24-/m0/s1. The first-order valence-corrected chi connectivity index (χ1v) is 16.7. The molecular weight excluding hydrogens is 608 g/mol. The molecule has 0 aromatic carbocycles. The van der Waals surface area contributed by atoms with Crippen LogP contribution in [0.25, 0.3) is 0 Å². The normalized spacial score (nSPS) is 11.8. The lowest BCUT2D eigenvalue weighted by molar-refractivity contribution is -0.143. The number of nitrogens with zero attached hydrogens (tertiary/aromatic N) is 3. The molecule has 0 fully saturated rings. The zero-order chi connectivity index (χ0) is 36.2. The van der Waals surface area contributed by atoms with Crippen molar-refractivity contribution >= 4 is 41.4 Å². The van der Waals surface area contributed by atoms with Crippen LogP contribution in [0, 0.1) is 5.41 Å². The molecule has 0 heterocycles. The van der Waals surface area contributed by atoms with E-state index >= 15 is 0 Å². The molecule has 0 saturated heterocycles. The van der Waals surface area contributed by atoms with E-state index in [9.17, 15) is 33.6 Å². The largest absolute Gasteiger partial charge is 0.353 e. The highest BCUT2D eigenvalue weighted by Gasteiger charge is 2.35. The maximum Gasteiger partial charge on any atom is 0.312 e. The fourth-order valence-electron chi connectivity index (χ4n) is 4.72. The number of hydrogen-bond acceptors (Lipinski definition) is 8. The first-order valence-electron chi connectivity index (χ1n) is 16.7. The molecule has 15 nitrogen and oxygen atoms in total. The van der Waals surface area contributed by atoms with E-state index in [-0.39, 0.29) is 101 Å². The van der Waals surface area contributed by atoms with Crippen molar-refractivity contribution in [2.45, 2.75) is 99.6 Å². The van der Waals surface area contributed by atoms with Gasteiger partial charge in [0, 0.05) is 76.5 Å². The van der Waals surface area contributed by atoms with Crippen molar-refractivity contribution in [2.75, 3.05) is 58.9 Å². The Morgan fingerprint density at radius 2 is 1.13 bits per heavy atom. The summed E-state index contributed by atoms with van der Waals surface area (Å²) in [6.45, 7) is 15.5. The number of amides is 7. The zero-order valence-corrected chi connectivity index (χ0v) is 29.8. The number of nitrogens with one attached hydrogen (secondary N) is 4. The van der Waals surface area contributed by atoms with E-state index in [1.807, 2.05) is 13.8 Å². The highest BCUT2D eigenvalue weighted by atomic mass is 16.2. The number of urea groups is 1. The number of rotatable bonds is 23. The molecule has 0 rings (SSSR count). The van der Waals surface area contributed by atoms with Gasteiger partial charge in [0.25, 0.3) is 0 Å². The lowest BCUT2D eigenvalue weighted by atomic mass is 9.84. The van der Waals surface area contributed by atoms with Gasteiger partial charge in [0.15, 0.2) is 5.78 Å². The number of carbonyl (C=O) groups is 7. The average molecular weight is 669 g/mol. The first kappa shape index (κ1) is 43.2. The van der Waals surface area contributed by atoms with Gasteiger partial charge >= 0.3 is 6.03 Å². The van der Waals surface area contributed by atoms with Crippen LogP contribution < -0.4 is 27.0 Å². The van der Waals surface area contributed by atoms with Crippen LogP contribution in [0.5, 0.6) is 0 Å². The molecule has 0 aromatic heterocycles. The van der Waals surface area contributed by atoms with Gasteiger partial charge in [-0.15, -0.1) is 0 Å². The molecule has 0 bridgehead atoms. The molecular formula is C32H60N8O7. The Kier molecular flexibility index (Phi) is 20.9. The van der Waals surface area contributed by atoms with E-state index in [0.717, 1.165) is 0 Å². The van der Waals surface area contributed by atoms with Gasteiger partial charge in [-0.05, 0) is 12.8 Å². The van der Waals surface area contributed by atoms with E-state index in [1.165, 1.54) is 14.7 Å². The third-order valence-electron chi connectivity index (χ3n) is 7.29. The summed E-state index contributed by atoms with van der Waals surface area (Å²) in [4.78, 5) is 92.0. The Bertz CT molecular complexity index is 1040. The molecule has 7 amide bonds. The van der Waals surface area contributed by atoms with E-state index < -0.39 is 23.4 Å². The van der Waals surface area contributed by atoms with Gasteiger partial charge in [0.1, 0.15) is 0 Å². The highest BCUT2D eigenvalue weighted by molar-refractivity contribution is 5.92. The summed E-state index contributed by atoms with van der Waals surface area (Å²) in [6, 6.07) is -1.19.